The highest BCUT2D eigenvalue weighted by Crippen LogP contribution is 2.32. The second kappa shape index (κ2) is 7.99. The highest BCUT2D eigenvalue weighted by Gasteiger charge is 2.29. The fraction of sp³-hybridized carbons (Fsp3) is 0.130. The maximum atomic E-state index is 13.4. The van der Waals surface area contributed by atoms with Gasteiger partial charge >= 0.3 is 0 Å². The van der Waals surface area contributed by atoms with Crippen molar-refractivity contribution in [2.75, 3.05) is 16.2 Å². The maximum absolute atomic E-state index is 13.4. The van der Waals surface area contributed by atoms with Crippen LogP contribution in [-0.2, 0) is 16.4 Å². The first-order chi connectivity index (χ1) is 15.4. The van der Waals surface area contributed by atoms with Gasteiger partial charge in [-0.3, -0.25) is 14.4 Å². The number of hydrogen-bond acceptors (Lipinski definition) is 5. The van der Waals surface area contributed by atoms with Gasteiger partial charge in [0.1, 0.15) is 5.82 Å². The summed E-state index contributed by atoms with van der Waals surface area (Å²) < 4.78 is 41.9. The van der Waals surface area contributed by atoms with Crippen LogP contribution >= 0.6 is 11.3 Å². The fourth-order valence-electron chi connectivity index (χ4n) is 3.78. The predicted octanol–water partition coefficient (Wildman–Crippen LogP) is 4.83. The third-order valence-corrected chi connectivity index (χ3v) is 8.10. The van der Waals surface area contributed by atoms with Gasteiger partial charge in [0.15, 0.2) is 5.13 Å². The summed E-state index contributed by atoms with van der Waals surface area (Å²) in [7, 11) is -3.74. The average molecular weight is 468 g/mol. The van der Waals surface area contributed by atoms with Crippen LogP contribution in [0, 0.1) is 5.82 Å². The molecule has 2 heterocycles. The lowest BCUT2D eigenvalue weighted by atomic mass is 10.0. The Morgan fingerprint density at radius 1 is 1.06 bits per heavy atom. The number of benzene rings is 3. The van der Waals surface area contributed by atoms with Crippen molar-refractivity contribution in [1.82, 2.24) is 4.98 Å². The zero-order valence-electron chi connectivity index (χ0n) is 16.8. The van der Waals surface area contributed by atoms with Crippen molar-refractivity contribution in [1.29, 1.82) is 0 Å². The molecule has 1 amide bonds. The first-order valence-corrected chi connectivity index (χ1v) is 12.3. The quantitative estimate of drug-likeness (QED) is 0.466. The van der Waals surface area contributed by atoms with Crippen LogP contribution < -0.4 is 9.62 Å². The molecule has 0 radical (unpaired) electrons. The molecule has 1 aliphatic heterocycles. The van der Waals surface area contributed by atoms with E-state index in [0.717, 1.165) is 18.4 Å². The number of carbonyl (C=O) groups excluding carboxylic acids is 1. The summed E-state index contributed by atoms with van der Waals surface area (Å²) in [4.78, 5) is 17.0. The number of thiazole rings is 1. The summed E-state index contributed by atoms with van der Waals surface area (Å²) in [6, 6.07) is 17.6. The van der Waals surface area contributed by atoms with E-state index in [0.29, 0.717) is 33.1 Å². The summed E-state index contributed by atoms with van der Waals surface area (Å²) in [5.41, 5.74) is 2.60. The van der Waals surface area contributed by atoms with Crippen molar-refractivity contribution in [3.63, 3.8) is 0 Å². The highest BCUT2D eigenvalue weighted by molar-refractivity contribution is 7.92. The van der Waals surface area contributed by atoms with E-state index < -0.39 is 15.9 Å². The minimum absolute atomic E-state index is 0.126. The molecule has 0 saturated carbocycles. The number of amides is 1. The Morgan fingerprint density at radius 2 is 1.84 bits per heavy atom. The molecular formula is C23H18FN3O3S2. The van der Waals surface area contributed by atoms with Crippen molar-refractivity contribution in [3.05, 3.63) is 83.7 Å². The average Bonchev–Trinajstić information content (AvgIpc) is 3.20. The zero-order valence-corrected chi connectivity index (χ0v) is 18.4. The maximum Gasteiger partial charge on any atom is 0.264 e. The number of fused-ring (bicyclic) bond motifs is 2. The number of aromatic nitrogens is 1. The first kappa shape index (κ1) is 20.6. The van der Waals surface area contributed by atoms with Gasteiger partial charge in [0, 0.05) is 12.1 Å². The SMILES string of the molecule is O=C(Nc1nc2ccc(F)cc2s1)c1ccc(S(=O)(=O)N2CCCc3ccccc32)cc1. The number of anilines is 2. The molecule has 0 aliphatic carbocycles. The van der Waals surface area contributed by atoms with Gasteiger partial charge in [-0.15, -0.1) is 0 Å². The molecule has 1 N–H and O–H groups in total. The molecule has 9 heteroatoms. The van der Waals surface area contributed by atoms with Gasteiger partial charge in [-0.1, -0.05) is 29.5 Å². The van der Waals surface area contributed by atoms with Crippen LogP contribution in [0.3, 0.4) is 0 Å². The Morgan fingerprint density at radius 3 is 2.66 bits per heavy atom. The molecule has 6 nitrogen and oxygen atoms in total. The van der Waals surface area contributed by atoms with E-state index in [1.54, 1.807) is 6.07 Å². The number of halogens is 1. The van der Waals surface area contributed by atoms with Crippen LogP contribution in [0.2, 0.25) is 0 Å². The second-order valence-electron chi connectivity index (χ2n) is 7.42. The van der Waals surface area contributed by atoms with Gasteiger partial charge in [-0.25, -0.2) is 17.8 Å². The normalized spacial score (nSPS) is 13.7. The molecular weight excluding hydrogens is 449 g/mol. The van der Waals surface area contributed by atoms with Gasteiger partial charge in [0.2, 0.25) is 0 Å². The number of rotatable bonds is 4. The summed E-state index contributed by atoms with van der Waals surface area (Å²) in [5, 5.41) is 3.03. The Balaban J connectivity index is 1.37. The van der Waals surface area contributed by atoms with E-state index in [9.17, 15) is 17.6 Å². The second-order valence-corrected chi connectivity index (χ2v) is 10.3. The standard InChI is InChI=1S/C23H18FN3O3S2/c24-17-9-12-19-21(14-17)31-23(25-19)26-22(28)16-7-10-18(11-8-16)32(29,30)27-13-3-5-15-4-1-2-6-20(15)27/h1-2,4,6-12,14H,3,5,13H2,(H,25,26,28). The Labute approximate surface area is 188 Å². The number of carbonyl (C=O) groups is 1. The number of nitrogens with zero attached hydrogens (tertiary/aromatic N) is 2. The van der Waals surface area contributed by atoms with E-state index in [1.165, 1.54) is 52.0 Å². The Bertz CT molecular complexity index is 1430. The molecule has 4 aromatic rings. The lowest BCUT2D eigenvalue weighted by molar-refractivity contribution is 0.102. The number of para-hydroxylation sites is 1. The van der Waals surface area contributed by atoms with Crippen molar-refractivity contribution in [2.45, 2.75) is 17.7 Å². The van der Waals surface area contributed by atoms with Crippen LogP contribution in [0.4, 0.5) is 15.2 Å². The van der Waals surface area contributed by atoms with Gasteiger partial charge in [-0.05, 0) is 66.9 Å². The van der Waals surface area contributed by atoms with Crippen molar-refractivity contribution >= 4 is 48.3 Å². The van der Waals surface area contributed by atoms with Crippen LogP contribution in [0.1, 0.15) is 22.3 Å². The Kier molecular flexibility index (Phi) is 5.15. The molecule has 0 fully saturated rings. The third kappa shape index (κ3) is 3.74. The minimum Gasteiger partial charge on any atom is -0.298 e. The molecule has 0 bridgehead atoms. The smallest absolute Gasteiger partial charge is 0.264 e. The number of nitrogens with one attached hydrogen (secondary N) is 1. The van der Waals surface area contributed by atoms with Gasteiger partial charge in [-0.2, -0.15) is 0 Å². The van der Waals surface area contributed by atoms with Crippen molar-refractivity contribution in [3.8, 4) is 0 Å². The number of hydrogen-bond donors (Lipinski definition) is 1. The Hall–Kier alpha value is -3.30. The van der Waals surface area contributed by atoms with Crippen LogP contribution in [0.15, 0.2) is 71.6 Å². The lowest BCUT2D eigenvalue weighted by Crippen LogP contribution is -2.35. The molecule has 3 aromatic carbocycles. The molecule has 5 rings (SSSR count). The third-order valence-electron chi connectivity index (χ3n) is 5.34. The van der Waals surface area contributed by atoms with E-state index in [-0.39, 0.29) is 10.7 Å². The molecule has 0 spiro atoms. The van der Waals surface area contributed by atoms with E-state index in [2.05, 4.69) is 10.3 Å². The van der Waals surface area contributed by atoms with Gasteiger partial charge < -0.3 is 0 Å². The van der Waals surface area contributed by atoms with Crippen LogP contribution in [0.5, 0.6) is 0 Å². The molecule has 32 heavy (non-hydrogen) atoms. The van der Waals surface area contributed by atoms with Crippen molar-refractivity contribution < 1.29 is 17.6 Å². The van der Waals surface area contributed by atoms with E-state index in [4.69, 9.17) is 0 Å². The van der Waals surface area contributed by atoms with Crippen molar-refractivity contribution in [2.24, 2.45) is 0 Å². The molecule has 0 saturated heterocycles. The van der Waals surface area contributed by atoms with E-state index in [1.807, 2.05) is 24.3 Å². The fourth-order valence-corrected chi connectivity index (χ4v) is 6.20. The van der Waals surface area contributed by atoms with Gasteiger partial charge in [0.05, 0.1) is 20.8 Å². The molecule has 162 valence electrons. The lowest BCUT2D eigenvalue weighted by Gasteiger charge is -2.30. The summed E-state index contributed by atoms with van der Waals surface area (Å²) >= 11 is 1.17. The highest BCUT2D eigenvalue weighted by atomic mass is 32.2. The van der Waals surface area contributed by atoms with Crippen LogP contribution in [-0.4, -0.2) is 25.9 Å². The number of sulfonamides is 1. The molecule has 1 aliphatic rings. The zero-order chi connectivity index (χ0) is 22.3. The van der Waals surface area contributed by atoms with Gasteiger partial charge in [0.25, 0.3) is 15.9 Å². The topological polar surface area (TPSA) is 79.4 Å². The molecule has 0 atom stereocenters. The molecule has 0 unspecified atom stereocenters. The number of aryl methyl sites for hydroxylation is 1. The summed E-state index contributed by atoms with van der Waals surface area (Å²) in [6.07, 6.45) is 1.60. The first-order valence-electron chi connectivity index (χ1n) is 10.00. The predicted molar refractivity (Wildman–Crippen MR) is 123 cm³/mol. The largest absolute Gasteiger partial charge is 0.298 e. The summed E-state index contributed by atoms with van der Waals surface area (Å²) in [5.74, 6) is -0.788. The monoisotopic (exact) mass is 467 g/mol. The summed E-state index contributed by atoms with van der Waals surface area (Å²) in [6.45, 7) is 0.416. The minimum atomic E-state index is -3.74. The van der Waals surface area contributed by atoms with E-state index >= 15 is 0 Å². The van der Waals surface area contributed by atoms with Crippen LogP contribution in [0.25, 0.3) is 10.2 Å². The molecule has 1 aromatic heterocycles.